The van der Waals surface area contributed by atoms with Gasteiger partial charge in [-0.25, -0.2) is 0 Å². The number of nitrogens with zero attached hydrogens (tertiary/aromatic N) is 1. The van der Waals surface area contributed by atoms with Gasteiger partial charge in [-0.1, -0.05) is 0 Å². The van der Waals surface area contributed by atoms with Gasteiger partial charge in [0.2, 0.25) is 11.6 Å². The van der Waals surface area contributed by atoms with Crippen molar-refractivity contribution in [3.63, 3.8) is 0 Å². The van der Waals surface area contributed by atoms with Crippen LogP contribution in [0.25, 0.3) is 0 Å². The number of fused-ring (bicyclic) bond motifs is 1. The molecule has 0 saturated carbocycles. The van der Waals surface area contributed by atoms with Crippen LogP contribution < -0.4 is 0 Å². The summed E-state index contributed by atoms with van der Waals surface area (Å²) in [6, 6.07) is 1.36. The molecule has 0 atom stereocenters. The van der Waals surface area contributed by atoms with E-state index in [1.807, 2.05) is 0 Å². The van der Waals surface area contributed by atoms with Crippen LogP contribution in [0, 0.1) is 24.0 Å². The minimum absolute atomic E-state index is 0.176. The Bertz CT molecular complexity index is 492. The van der Waals surface area contributed by atoms with E-state index in [0.717, 1.165) is 11.1 Å². The third-order valence-electron chi connectivity index (χ3n) is 2.87. The summed E-state index contributed by atoms with van der Waals surface area (Å²) in [4.78, 5) is 33.1. The molecule has 5 nitrogen and oxygen atoms in total. The van der Waals surface area contributed by atoms with Crippen LogP contribution in [0.15, 0.2) is 12.1 Å². The molecule has 0 aromatic heterocycles. The largest absolute Gasteiger partial charge is 0.336 e. The number of carbonyl (C=O) groups is 2. The molecule has 5 heteroatoms. The van der Waals surface area contributed by atoms with E-state index in [2.05, 4.69) is 0 Å². The average Bonchev–Trinajstić information content (AvgIpc) is 2.41. The van der Waals surface area contributed by atoms with E-state index in [4.69, 9.17) is 0 Å². The molecule has 0 aliphatic heterocycles. The highest BCUT2D eigenvalue weighted by atomic mass is 16.6. The topological polar surface area (TPSA) is 77.3 Å². The van der Waals surface area contributed by atoms with E-state index in [1.54, 1.807) is 26.0 Å². The van der Waals surface area contributed by atoms with Gasteiger partial charge in [0.25, 0.3) is 0 Å². The van der Waals surface area contributed by atoms with Crippen molar-refractivity contribution in [2.24, 2.45) is 0 Å². The van der Waals surface area contributed by atoms with Crippen molar-refractivity contribution in [3.8, 4) is 0 Å². The molecule has 1 aliphatic carbocycles. The van der Waals surface area contributed by atoms with Crippen molar-refractivity contribution >= 4 is 11.6 Å². The Morgan fingerprint density at radius 1 is 1.06 bits per heavy atom. The van der Waals surface area contributed by atoms with Gasteiger partial charge in [0.1, 0.15) is 0 Å². The monoisotopic (exact) mass is 219 g/mol. The summed E-state index contributed by atoms with van der Waals surface area (Å²) in [6.07, 6.45) is 0. The summed E-state index contributed by atoms with van der Waals surface area (Å²) in [5.41, 5.74) is 2.05. The maximum absolute atomic E-state index is 11.6. The molecule has 0 N–H and O–H groups in total. The van der Waals surface area contributed by atoms with Crippen LogP contribution in [0.3, 0.4) is 0 Å². The molecule has 0 unspecified atom stereocenters. The zero-order valence-electron chi connectivity index (χ0n) is 8.81. The zero-order chi connectivity index (χ0) is 12.0. The number of rotatable bonds is 1. The van der Waals surface area contributed by atoms with Crippen molar-refractivity contribution in [2.45, 2.75) is 19.9 Å². The zero-order valence-corrected chi connectivity index (χ0v) is 8.81. The van der Waals surface area contributed by atoms with Crippen molar-refractivity contribution in [3.05, 3.63) is 44.5 Å². The standard InChI is InChI=1S/C11H9NO4/c1-5-3-7-8(4-6(5)2)11(14)9(10(7)13)12(15)16/h3-4,9H,1-2H3. The number of benzene rings is 1. The third-order valence-corrected chi connectivity index (χ3v) is 2.87. The minimum atomic E-state index is -1.74. The molecule has 0 amide bonds. The van der Waals surface area contributed by atoms with Crippen LogP contribution >= 0.6 is 0 Å². The predicted molar refractivity (Wildman–Crippen MR) is 55.4 cm³/mol. The third kappa shape index (κ3) is 1.25. The normalized spacial score (nSPS) is 15.4. The van der Waals surface area contributed by atoms with Crippen LogP contribution in [0.5, 0.6) is 0 Å². The molecular weight excluding hydrogens is 210 g/mol. The Kier molecular flexibility index (Phi) is 2.11. The van der Waals surface area contributed by atoms with Crippen LogP contribution in [0.4, 0.5) is 0 Å². The van der Waals surface area contributed by atoms with Crippen molar-refractivity contribution in [2.75, 3.05) is 0 Å². The molecule has 2 rings (SSSR count). The Morgan fingerprint density at radius 3 is 1.75 bits per heavy atom. The molecule has 1 aromatic carbocycles. The summed E-state index contributed by atoms with van der Waals surface area (Å²) in [5, 5.41) is 10.6. The summed E-state index contributed by atoms with van der Waals surface area (Å²) < 4.78 is 0. The van der Waals surface area contributed by atoms with Gasteiger partial charge >= 0.3 is 6.04 Å². The second kappa shape index (κ2) is 3.23. The van der Waals surface area contributed by atoms with Crippen LogP contribution in [0.2, 0.25) is 0 Å². The molecule has 0 spiro atoms. The molecule has 1 aliphatic rings. The van der Waals surface area contributed by atoms with E-state index < -0.39 is 22.5 Å². The molecular formula is C11H9NO4. The highest BCUT2D eigenvalue weighted by Crippen LogP contribution is 2.26. The van der Waals surface area contributed by atoms with Crippen LogP contribution in [-0.2, 0) is 0 Å². The maximum atomic E-state index is 11.6. The number of Topliss-reactive ketones (excluding diaryl/α,β-unsaturated/α-hetero) is 2. The van der Waals surface area contributed by atoms with Gasteiger partial charge in [-0.15, -0.1) is 0 Å². The number of ketones is 2. The molecule has 0 bridgehead atoms. The van der Waals surface area contributed by atoms with Gasteiger partial charge in [0.15, 0.2) is 0 Å². The first-order chi connectivity index (χ1) is 7.43. The lowest BCUT2D eigenvalue weighted by Crippen LogP contribution is -2.31. The number of hydrogen-bond donors (Lipinski definition) is 0. The first kappa shape index (κ1) is 10.5. The van der Waals surface area contributed by atoms with Gasteiger partial charge in [-0.3, -0.25) is 19.7 Å². The minimum Gasteiger partial charge on any atom is -0.286 e. The first-order valence-electron chi connectivity index (χ1n) is 4.76. The van der Waals surface area contributed by atoms with Crippen molar-refractivity contribution in [1.82, 2.24) is 0 Å². The molecule has 0 fully saturated rings. The van der Waals surface area contributed by atoms with Crippen LogP contribution in [-0.4, -0.2) is 22.5 Å². The number of aryl methyl sites for hydroxylation is 2. The predicted octanol–water partition coefficient (Wildman–Crippen LogP) is 1.33. The van der Waals surface area contributed by atoms with E-state index in [9.17, 15) is 19.7 Å². The smallest absolute Gasteiger partial charge is 0.286 e. The lowest BCUT2D eigenvalue weighted by molar-refractivity contribution is -0.488. The van der Waals surface area contributed by atoms with Crippen molar-refractivity contribution < 1.29 is 14.5 Å². The Hall–Kier alpha value is -2.04. The van der Waals surface area contributed by atoms with Gasteiger partial charge in [-0.2, -0.15) is 0 Å². The van der Waals surface area contributed by atoms with Gasteiger partial charge in [0.05, 0.1) is 0 Å². The molecule has 1 aromatic rings. The number of nitro groups is 1. The highest BCUT2D eigenvalue weighted by molar-refractivity contribution is 6.28. The molecule has 0 radical (unpaired) electrons. The Balaban J connectivity index is 2.65. The van der Waals surface area contributed by atoms with E-state index in [1.165, 1.54) is 0 Å². The Morgan fingerprint density at radius 2 is 1.44 bits per heavy atom. The number of hydrogen-bond acceptors (Lipinski definition) is 4. The van der Waals surface area contributed by atoms with Gasteiger partial charge in [0, 0.05) is 16.1 Å². The second-order valence-electron chi connectivity index (χ2n) is 3.90. The Labute approximate surface area is 91.2 Å². The van der Waals surface area contributed by atoms with Gasteiger partial charge < -0.3 is 0 Å². The molecule has 82 valence electrons. The fourth-order valence-corrected chi connectivity index (χ4v) is 1.83. The highest BCUT2D eigenvalue weighted by Gasteiger charge is 2.47. The SMILES string of the molecule is Cc1cc2c(cc1C)C(=O)C([N+](=O)[O-])C2=O. The average molecular weight is 219 g/mol. The second-order valence-corrected chi connectivity index (χ2v) is 3.90. The molecule has 16 heavy (non-hydrogen) atoms. The lowest BCUT2D eigenvalue weighted by Gasteiger charge is -2.01. The summed E-state index contributed by atoms with van der Waals surface area (Å²) in [7, 11) is 0. The summed E-state index contributed by atoms with van der Waals surface area (Å²) in [5.74, 6) is -1.40. The molecule has 0 heterocycles. The van der Waals surface area contributed by atoms with E-state index in [0.29, 0.717) is 0 Å². The fraction of sp³-hybridized carbons (Fsp3) is 0.273. The molecule has 0 saturated heterocycles. The van der Waals surface area contributed by atoms with Crippen LogP contribution in [0.1, 0.15) is 31.8 Å². The van der Waals surface area contributed by atoms with Crippen molar-refractivity contribution in [1.29, 1.82) is 0 Å². The first-order valence-corrected chi connectivity index (χ1v) is 4.76. The maximum Gasteiger partial charge on any atom is 0.336 e. The number of carbonyl (C=O) groups excluding carboxylic acids is 2. The van der Waals surface area contributed by atoms with E-state index in [-0.39, 0.29) is 11.1 Å². The van der Waals surface area contributed by atoms with E-state index >= 15 is 0 Å². The fourth-order valence-electron chi connectivity index (χ4n) is 1.83. The van der Waals surface area contributed by atoms with Gasteiger partial charge in [-0.05, 0) is 37.1 Å². The summed E-state index contributed by atoms with van der Waals surface area (Å²) >= 11 is 0. The summed E-state index contributed by atoms with van der Waals surface area (Å²) in [6.45, 7) is 3.60. The quantitative estimate of drug-likeness (QED) is 0.405. The lowest BCUT2D eigenvalue weighted by atomic mass is 10.0.